The van der Waals surface area contributed by atoms with Crippen molar-refractivity contribution < 1.29 is 14.7 Å². The van der Waals surface area contributed by atoms with Crippen molar-refractivity contribution in [1.82, 2.24) is 15.5 Å². The summed E-state index contributed by atoms with van der Waals surface area (Å²) in [5.74, 6) is -1.49. The van der Waals surface area contributed by atoms with Crippen molar-refractivity contribution in [2.75, 3.05) is 19.6 Å². The van der Waals surface area contributed by atoms with Crippen LogP contribution in [0.2, 0.25) is 0 Å². The van der Waals surface area contributed by atoms with E-state index in [0.717, 1.165) is 38.9 Å². The van der Waals surface area contributed by atoms with Gasteiger partial charge in [0.05, 0.1) is 5.92 Å². The predicted molar refractivity (Wildman–Crippen MR) is 77.7 cm³/mol. The molecule has 1 aliphatic heterocycles. The van der Waals surface area contributed by atoms with Crippen molar-refractivity contribution in [3.63, 3.8) is 0 Å². The van der Waals surface area contributed by atoms with Gasteiger partial charge in [-0.1, -0.05) is 6.92 Å². The van der Waals surface area contributed by atoms with Crippen molar-refractivity contribution in [3.8, 4) is 0 Å². The van der Waals surface area contributed by atoms with Crippen molar-refractivity contribution in [3.05, 3.63) is 0 Å². The third kappa shape index (κ3) is 5.36. The van der Waals surface area contributed by atoms with Gasteiger partial charge in [0.2, 0.25) is 0 Å². The third-order valence-electron chi connectivity index (χ3n) is 3.96. The summed E-state index contributed by atoms with van der Waals surface area (Å²) in [6.45, 7) is 8.62. The number of aliphatic carboxylic acids is 1. The molecule has 0 aromatic rings. The Hall–Kier alpha value is -1.30. The molecule has 2 amide bonds. The zero-order valence-electron chi connectivity index (χ0n) is 12.7. The van der Waals surface area contributed by atoms with E-state index in [9.17, 15) is 9.59 Å². The van der Waals surface area contributed by atoms with Crippen LogP contribution in [0.1, 0.15) is 40.0 Å². The van der Waals surface area contributed by atoms with Gasteiger partial charge in [-0.05, 0) is 39.7 Å². The Morgan fingerprint density at radius 2 is 1.90 bits per heavy atom. The molecule has 6 nitrogen and oxygen atoms in total. The van der Waals surface area contributed by atoms with Crippen LogP contribution in [0.25, 0.3) is 0 Å². The lowest BCUT2D eigenvalue weighted by molar-refractivity contribution is -0.141. The molecule has 0 saturated carbocycles. The van der Waals surface area contributed by atoms with Crippen LogP contribution in [0.15, 0.2) is 0 Å². The molecule has 20 heavy (non-hydrogen) atoms. The fraction of sp³-hybridized carbons (Fsp3) is 0.857. The molecule has 0 aromatic carbocycles. The Morgan fingerprint density at radius 3 is 2.40 bits per heavy atom. The Morgan fingerprint density at radius 1 is 1.30 bits per heavy atom. The minimum absolute atomic E-state index is 0.190. The second-order valence-electron chi connectivity index (χ2n) is 5.65. The highest BCUT2D eigenvalue weighted by Gasteiger charge is 2.23. The second kappa shape index (κ2) is 8.09. The minimum atomic E-state index is -0.898. The number of amides is 2. The van der Waals surface area contributed by atoms with E-state index in [2.05, 4.69) is 22.5 Å². The van der Waals surface area contributed by atoms with E-state index >= 15 is 0 Å². The number of rotatable bonds is 6. The molecule has 1 saturated heterocycles. The smallest absolute Gasteiger partial charge is 0.315 e. The van der Waals surface area contributed by atoms with Crippen LogP contribution >= 0.6 is 0 Å². The molecule has 0 spiro atoms. The molecular weight excluding hydrogens is 258 g/mol. The Bertz CT molecular complexity index is 328. The molecule has 0 bridgehead atoms. The number of carbonyl (C=O) groups is 2. The number of hydrogen-bond donors (Lipinski definition) is 3. The number of urea groups is 1. The summed E-state index contributed by atoms with van der Waals surface area (Å²) < 4.78 is 0. The van der Waals surface area contributed by atoms with E-state index in [4.69, 9.17) is 5.11 Å². The average molecular weight is 285 g/mol. The molecule has 1 heterocycles. The van der Waals surface area contributed by atoms with Gasteiger partial charge in [0.25, 0.3) is 0 Å². The molecule has 2 atom stereocenters. The van der Waals surface area contributed by atoms with Gasteiger partial charge < -0.3 is 20.6 Å². The minimum Gasteiger partial charge on any atom is -0.481 e. The van der Waals surface area contributed by atoms with Crippen LogP contribution in [0.4, 0.5) is 4.79 Å². The number of carboxylic acid groups (broad SMARTS) is 1. The van der Waals surface area contributed by atoms with Crippen molar-refractivity contribution >= 4 is 12.0 Å². The molecule has 2 unspecified atom stereocenters. The summed E-state index contributed by atoms with van der Waals surface area (Å²) in [6, 6.07) is -0.456. The van der Waals surface area contributed by atoms with Crippen molar-refractivity contribution in [2.24, 2.45) is 5.92 Å². The zero-order valence-corrected chi connectivity index (χ0v) is 12.7. The number of carbonyl (C=O) groups excluding carboxylic acids is 1. The number of nitrogens with one attached hydrogen (secondary N) is 2. The second-order valence-corrected chi connectivity index (χ2v) is 5.65. The lowest BCUT2D eigenvalue weighted by Gasteiger charge is -2.32. The maximum absolute atomic E-state index is 11.8. The first-order chi connectivity index (χ1) is 9.43. The first-order valence-electron chi connectivity index (χ1n) is 7.46. The highest BCUT2D eigenvalue weighted by Crippen LogP contribution is 2.10. The van der Waals surface area contributed by atoms with E-state index in [1.807, 2.05) is 0 Å². The highest BCUT2D eigenvalue weighted by atomic mass is 16.4. The zero-order chi connectivity index (χ0) is 15.1. The fourth-order valence-electron chi connectivity index (χ4n) is 2.39. The molecule has 1 fully saturated rings. The molecule has 3 N–H and O–H groups in total. The van der Waals surface area contributed by atoms with E-state index in [-0.39, 0.29) is 18.1 Å². The number of piperidine rings is 1. The lowest BCUT2D eigenvalue weighted by atomic mass is 10.0. The maximum atomic E-state index is 11.8. The van der Waals surface area contributed by atoms with E-state index in [1.165, 1.54) is 0 Å². The molecule has 1 rings (SSSR count). The molecule has 0 radical (unpaired) electrons. The summed E-state index contributed by atoms with van der Waals surface area (Å²) in [5.41, 5.74) is 0. The maximum Gasteiger partial charge on any atom is 0.315 e. The monoisotopic (exact) mass is 285 g/mol. The summed E-state index contributed by atoms with van der Waals surface area (Å²) in [7, 11) is 0. The fourth-order valence-corrected chi connectivity index (χ4v) is 2.39. The van der Waals surface area contributed by atoms with E-state index < -0.39 is 11.9 Å². The van der Waals surface area contributed by atoms with Gasteiger partial charge in [-0.2, -0.15) is 0 Å². The van der Waals surface area contributed by atoms with Crippen molar-refractivity contribution in [2.45, 2.75) is 52.1 Å². The largest absolute Gasteiger partial charge is 0.481 e. The van der Waals surface area contributed by atoms with Crippen LogP contribution in [-0.2, 0) is 4.79 Å². The quantitative estimate of drug-likeness (QED) is 0.686. The van der Waals surface area contributed by atoms with Gasteiger partial charge in [0.1, 0.15) is 0 Å². The van der Waals surface area contributed by atoms with Gasteiger partial charge in [0, 0.05) is 25.2 Å². The van der Waals surface area contributed by atoms with Crippen LogP contribution in [0, 0.1) is 5.92 Å². The normalized spacial score (nSPS) is 20.1. The Labute approximate surface area is 120 Å². The van der Waals surface area contributed by atoms with Crippen LogP contribution < -0.4 is 10.6 Å². The molecule has 1 aliphatic rings. The van der Waals surface area contributed by atoms with E-state index in [1.54, 1.807) is 13.8 Å². The summed E-state index contributed by atoms with van der Waals surface area (Å²) in [6.07, 6.45) is 3.07. The SMILES string of the molecule is CCCN1CCC(NC(=O)NC(C)C(C)C(=O)O)CC1. The summed E-state index contributed by atoms with van der Waals surface area (Å²) in [5, 5.41) is 14.5. The standard InChI is InChI=1S/C14H27N3O3/c1-4-7-17-8-5-12(6-9-17)16-14(20)15-11(3)10(2)13(18)19/h10-12H,4-9H2,1-3H3,(H,18,19)(H2,15,16,20). The average Bonchev–Trinajstić information content (AvgIpc) is 2.40. The molecule has 0 aliphatic carbocycles. The molecule has 116 valence electrons. The Kier molecular flexibility index (Phi) is 6.78. The van der Waals surface area contributed by atoms with E-state index in [0.29, 0.717) is 0 Å². The van der Waals surface area contributed by atoms with Gasteiger partial charge in [0.15, 0.2) is 0 Å². The first kappa shape index (κ1) is 16.8. The number of nitrogens with zero attached hydrogens (tertiary/aromatic N) is 1. The summed E-state index contributed by atoms with van der Waals surface area (Å²) in [4.78, 5) is 25.1. The number of hydrogen-bond acceptors (Lipinski definition) is 3. The lowest BCUT2D eigenvalue weighted by Crippen LogP contribution is -2.51. The first-order valence-corrected chi connectivity index (χ1v) is 7.46. The molecule has 6 heteroatoms. The van der Waals surface area contributed by atoms with Gasteiger partial charge in [-0.3, -0.25) is 4.79 Å². The topological polar surface area (TPSA) is 81.7 Å². The number of carboxylic acids is 1. The summed E-state index contributed by atoms with van der Waals surface area (Å²) >= 11 is 0. The predicted octanol–water partition coefficient (Wildman–Crippen LogP) is 1.27. The van der Waals surface area contributed by atoms with Crippen LogP contribution in [-0.4, -0.2) is 53.7 Å². The van der Waals surface area contributed by atoms with Gasteiger partial charge >= 0.3 is 12.0 Å². The van der Waals surface area contributed by atoms with Gasteiger partial charge in [-0.15, -0.1) is 0 Å². The molecular formula is C14H27N3O3. The number of likely N-dealkylation sites (tertiary alicyclic amines) is 1. The van der Waals surface area contributed by atoms with Crippen LogP contribution in [0.3, 0.4) is 0 Å². The highest BCUT2D eigenvalue weighted by molar-refractivity contribution is 5.76. The molecule has 0 aromatic heterocycles. The van der Waals surface area contributed by atoms with Crippen molar-refractivity contribution in [1.29, 1.82) is 0 Å². The Balaban J connectivity index is 2.28. The third-order valence-corrected chi connectivity index (χ3v) is 3.96. The van der Waals surface area contributed by atoms with Gasteiger partial charge in [-0.25, -0.2) is 4.79 Å². The van der Waals surface area contributed by atoms with Crippen LogP contribution in [0.5, 0.6) is 0 Å².